The van der Waals surface area contributed by atoms with Crippen molar-refractivity contribution < 1.29 is 4.21 Å². The molecule has 0 aromatic heterocycles. The molecule has 128 valence electrons. The van der Waals surface area contributed by atoms with Crippen LogP contribution >= 0.6 is 0 Å². The van der Waals surface area contributed by atoms with E-state index in [0.717, 1.165) is 33.9 Å². The summed E-state index contributed by atoms with van der Waals surface area (Å²) in [7, 11) is -0.479. The van der Waals surface area contributed by atoms with Gasteiger partial charge in [0.15, 0.2) is 0 Å². The predicted molar refractivity (Wildman–Crippen MR) is 103 cm³/mol. The quantitative estimate of drug-likeness (QED) is 0.583. The van der Waals surface area contributed by atoms with Crippen LogP contribution in [0, 0.1) is 13.8 Å². The maximum Gasteiger partial charge on any atom is 0.0909 e. The van der Waals surface area contributed by atoms with E-state index in [1.807, 2.05) is 74.6 Å². The molecular formula is C19H25N3OS. The molecule has 0 saturated carbocycles. The third-order valence-corrected chi connectivity index (χ3v) is 5.55. The Bertz CT molecular complexity index is 850. The van der Waals surface area contributed by atoms with Crippen LogP contribution in [0.15, 0.2) is 56.7 Å². The van der Waals surface area contributed by atoms with Crippen LogP contribution in [-0.4, -0.2) is 35.3 Å². The molecule has 5 heteroatoms. The van der Waals surface area contributed by atoms with Crippen LogP contribution < -0.4 is 0 Å². The van der Waals surface area contributed by atoms with Gasteiger partial charge in [0, 0.05) is 24.7 Å². The Morgan fingerprint density at radius 2 is 1.67 bits per heavy atom. The summed E-state index contributed by atoms with van der Waals surface area (Å²) in [6.45, 7) is 6.95. The maximum absolute atomic E-state index is 13.0. The molecule has 0 aliphatic rings. The van der Waals surface area contributed by atoms with Crippen molar-refractivity contribution in [1.29, 1.82) is 0 Å². The third kappa shape index (κ3) is 4.45. The molecular weight excluding hydrogens is 318 g/mol. The van der Waals surface area contributed by atoms with Gasteiger partial charge in [0.1, 0.15) is 0 Å². The van der Waals surface area contributed by atoms with E-state index in [1.54, 1.807) is 6.26 Å². The van der Waals surface area contributed by atoms with Gasteiger partial charge in [-0.2, -0.15) is 4.36 Å². The lowest BCUT2D eigenvalue weighted by molar-refractivity contribution is 0.552. The number of hydrogen-bond acceptors (Lipinski definition) is 3. The molecule has 1 unspecified atom stereocenters. The van der Waals surface area contributed by atoms with Crippen molar-refractivity contribution in [3.63, 3.8) is 0 Å². The Morgan fingerprint density at radius 1 is 1.08 bits per heavy atom. The molecule has 0 fully saturated rings. The Balaban J connectivity index is 2.43. The van der Waals surface area contributed by atoms with Crippen LogP contribution in [0.2, 0.25) is 0 Å². The summed E-state index contributed by atoms with van der Waals surface area (Å²) in [5, 5.41) is 0. The lowest BCUT2D eigenvalue weighted by Crippen LogP contribution is -2.14. The van der Waals surface area contributed by atoms with Crippen LogP contribution in [0.4, 0.5) is 11.4 Å². The molecule has 0 spiro atoms. The summed E-state index contributed by atoms with van der Waals surface area (Å²) in [5.74, 6) is 0. The number of rotatable bonds is 5. The highest BCUT2D eigenvalue weighted by Crippen LogP contribution is 2.30. The second-order valence-electron chi connectivity index (χ2n) is 5.95. The molecule has 0 amide bonds. The monoisotopic (exact) mass is 343 g/mol. The first-order valence-electron chi connectivity index (χ1n) is 7.96. The number of hydrogen-bond donors (Lipinski definition) is 0. The van der Waals surface area contributed by atoms with Crippen molar-refractivity contribution in [2.24, 2.45) is 9.36 Å². The minimum absolute atomic E-state index is 0.744. The molecule has 0 saturated heterocycles. The van der Waals surface area contributed by atoms with Gasteiger partial charge in [0.25, 0.3) is 0 Å². The van der Waals surface area contributed by atoms with Crippen molar-refractivity contribution in [2.45, 2.75) is 25.7 Å². The SMILES string of the molecule is CCN(C)/C=N\c1cc(C)c(N=S(C)(=O)c2ccccc2)cc1C. The Kier molecular flexibility index (Phi) is 5.78. The molecule has 1 atom stereocenters. The second kappa shape index (κ2) is 7.62. The average Bonchev–Trinajstić information content (AvgIpc) is 2.57. The Labute approximate surface area is 145 Å². The molecule has 24 heavy (non-hydrogen) atoms. The normalized spacial score (nSPS) is 13.7. The lowest BCUT2D eigenvalue weighted by atomic mass is 10.1. The van der Waals surface area contributed by atoms with Crippen molar-refractivity contribution in [1.82, 2.24) is 4.90 Å². The molecule has 4 nitrogen and oxygen atoms in total. The van der Waals surface area contributed by atoms with Crippen LogP contribution in [0.5, 0.6) is 0 Å². The Morgan fingerprint density at radius 3 is 2.29 bits per heavy atom. The van der Waals surface area contributed by atoms with Crippen molar-refractivity contribution >= 4 is 27.4 Å². The second-order valence-corrected chi connectivity index (χ2v) is 8.21. The maximum atomic E-state index is 13.0. The zero-order valence-electron chi connectivity index (χ0n) is 15.0. The smallest absolute Gasteiger partial charge is 0.0909 e. The number of aliphatic imine (C=N–C) groups is 1. The van der Waals surface area contributed by atoms with Crippen molar-refractivity contribution in [3.05, 3.63) is 53.6 Å². The van der Waals surface area contributed by atoms with Crippen molar-refractivity contribution in [3.8, 4) is 0 Å². The fraction of sp³-hybridized carbons (Fsp3) is 0.316. The van der Waals surface area contributed by atoms with Crippen LogP contribution in [0.1, 0.15) is 18.1 Å². The fourth-order valence-corrected chi connectivity index (χ4v) is 3.52. The standard InChI is InChI=1S/C19H25N3OS/c1-6-22(4)14-20-18-12-16(3)19(13-15(18)2)21-24(5,23)17-10-8-7-9-11-17/h7-14H,6H2,1-5H3/b20-14-. The first-order chi connectivity index (χ1) is 11.3. The topological polar surface area (TPSA) is 45.0 Å². The van der Waals surface area contributed by atoms with E-state index in [0.29, 0.717) is 0 Å². The zero-order chi connectivity index (χ0) is 17.7. The van der Waals surface area contributed by atoms with Crippen LogP contribution in [0.3, 0.4) is 0 Å². The molecule has 2 aromatic rings. The van der Waals surface area contributed by atoms with Gasteiger partial charge in [-0.25, -0.2) is 9.20 Å². The molecule has 0 aliphatic carbocycles. The third-order valence-electron chi connectivity index (χ3n) is 3.86. The first-order valence-corrected chi connectivity index (χ1v) is 9.88. The molecule has 0 bridgehead atoms. The molecule has 0 aliphatic heterocycles. The molecule has 0 heterocycles. The number of benzene rings is 2. The molecule has 0 N–H and O–H groups in total. The van der Waals surface area contributed by atoms with E-state index in [-0.39, 0.29) is 0 Å². The lowest BCUT2D eigenvalue weighted by Gasteiger charge is -2.11. The largest absolute Gasteiger partial charge is 0.366 e. The van der Waals surface area contributed by atoms with Crippen molar-refractivity contribution in [2.75, 3.05) is 19.8 Å². The molecule has 2 rings (SSSR count). The van der Waals surface area contributed by atoms with Gasteiger partial charge >= 0.3 is 0 Å². The van der Waals surface area contributed by atoms with E-state index in [9.17, 15) is 4.21 Å². The summed E-state index contributed by atoms with van der Waals surface area (Å²) in [6, 6.07) is 13.3. The van der Waals surface area contributed by atoms with Gasteiger partial charge in [-0.1, -0.05) is 18.2 Å². The highest BCUT2D eigenvalue weighted by Gasteiger charge is 2.09. The highest BCUT2D eigenvalue weighted by atomic mass is 32.2. The average molecular weight is 343 g/mol. The van der Waals surface area contributed by atoms with E-state index >= 15 is 0 Å². The van der Waals surface area contributed by atoms with Gasteiger partial charge in [-0.15, -0.1) is 0 Å². The minimum atomic E-state index is -2.47. The van der Waals surface area contributed by atoms with Gasteiger partial charge < -0.3 is 4.90 Å². The van der Waals surface area contributed by atoms with E-state index in [2.05, 4.69) is 16.3 Å². The molecule has 2 aromatic carbocycles. The summed E-state index contributed by atoms with van der Waals surface area (Å²) in [6.07, 6.45) is 3.50. The number of nitrogens with zero attached hydrogens (tertiary/aromatic N) is 3. The zero-order valence-corrected chi connectivity index (χ0v) is 15.8. The summed E-state index contributed by atoms with van der Waals surface area (Å²) < 4.78 is 17.5. The van der Waals surface area contributed by atoms with Crippen LogP contribution in [-0.2, 0) is 9.73 Å². The van der Waals surface area contributed by atoms with Crippen LogP contribution in [0.25, 0.3) is 0 Å². The summed E-state index contributed by atoms with van der Waals surface area (Å²) in [4.78, 5) is 7.28. The van der Waals surface area contributed by atoms with Gasteiger partial charge in [-0.3, -0.25) is 0 Å². The highest BCUT2D eigenvalue weighted by molar-refractivity contribution is 7.93. The fourth-order valence-electron chi connectivity index (χ4n) is 2.18. The van der Waals surface area contributed by atoms with E-state index in [4.69, 9.17) is 0 Å². The van der Waals surface area contributed by atoms with Gasteiger partial charge in [0.05, 0.1) is 27.4 Å². The van der Waals surface area contributed by atoms with Gasteiger partial charge in [0.2, 0.25) is 0 Å². The Hall–Kier alpha value is -2.14. The first kappa shape index (κ1) is 18.2. The van der Waals surface area contributed by atoms with Gasteiger partial charge in [-0.05, 0) is 56.2 Å². The van der Waals surface area contributed by atoms with E-state index in [1.165, 1.54) is 0 Å². The summed E-state index contributed by atoms with van der Waals surface area (Å²) in [5.41, 5.74) is 3.65. The summed E-state index contributed by atoms with van der Waals surface area (Å²) >= 11 is 0. The number of aryl methyl sites for hydroxylation is 2. The van der Waals surface area contributed by atoms with E-state index < -0.39 is 9.73 Å². The predicted octanol–water partition coefficient (Wildman–Crippen LogP) is 4.70. The minimum Gasteiger partial charge on any atom is -0.366 e. The molecule has 0 radical (unpaired) electrons.